The molecule has 2 aromatic heterocycles. The number of anilines is 1. The number of ether oxygens (including phenoxy) is 1. The number of rotatable bonds is 6. The zero-order valence-corrected chi connectivity index (χ0v) is 16.8. The number of nitrogens with zero attached hydrogens (tertiary/aromatic N) is 4. The molecule has 0 fully saturated rings. The molecule has 0 amide bonds. The summed E-state index contributed by atoms with van der Waals surface area (Å²) in [6, 6.07) is 16.7. The highest BCUT2D eigenvalue weighted by molar-refractivity contribution is 5.89. The lowest BCUT2D eigenvalue weighted by Gasteiger charge is -2.12. The van der Waals surface area contributed by atoms with Gasteiger partial charge in [0.05, 0.1) is 5.56 Å². The molecular weight excluding hydrogens is 384 g/mol. The van der Waals surface area contributed by atoms with E-state index in [9.17, 15) is 4.79 Å². The number of hydrogen-bond donors (Lipinski definition) is 0. The Kier molecular flexibility index (Phi) is 5.30. The lowest BCUT2D eigenvalue weighted by molar-refractivity contribution is 0.0438. The summed E-state index contributed by atoms with van der Waals surface area (Å²) in [6.45, 7) is 1.64. The van der Waals surface area contributed by atoms with Crippen LogP contribution < -0.4 is 4.90 Å². The number of carbonyl (C=O) groups excluding carboxylic acids is 1. The number of esters is 1. The van der Waals surface area contributed by atoms with Crippen LogP contribution in [-0.2, 0) is 11.3 Å². The van der Waals surface area contributed by atoms with Crippen molar-refractivity contribution in [1.82, 2.24) is 15.4 Å². The first-order valence-corrected chi connectivity index (χ1v) is 9.32. The van der Waals surface area contributed by atoms with Crippen LogP contribution in [0.15, 0.2) is 63.5 Å². The Morgan fingerprint density at radius 1 is 1.03 bits per heavy atom. The van der Waals surface area contributed by atoms with Gasteiger partial charge in [0.1, 0.15) is 17.0 Å². The van der Waals surface area contributed by atoms with Crippen molar-refractivity contribution in [1.29, 1.82) is 0 Å². The summed E-state index contributed by atoms with van der Waals surface area (Å²) in [5.74, 6) is 0.532. The quantitative estimate of drug-likeness (QED) is 0.443. The van der Waals surface area contributed by atoms with E-state index in [1.807, 2.05) is 61.5 Å². The van der Waals surface area contributed by atoms with Crippen LogP contribution in [0.25, 0.3) is 22.7 Å². The minimum Gasteiger partial charge on any atom is -0.452 e. The average Bonchev–Trinajstić information content (AvgIpc) is 3.39. The van der Waals surface area contributed by atoms with E-state index in [0.717, 1.165) is 11.3 Å². The van der Waals surface area contributed by atoms with Gasteiger partial charge < -0.3 is 18.6 Å². The first kappa shape index (κ1) is 19.4. The summed E-state index contributed by atoms with van der Waals surface area (Å²) in [5, 5.41) is 12.2. The van der Waals surface area contributed by atoms with Gasteiger partial charge in [-0.3, -0.25) is 0 Å². The summed E-state index contributed by atoms with van der Waals surface area (Å²) >= 11 is 0. The van der Waals surface area contributed by atoms with Gasteiger partial charge in [0, 0.05) is 25.3 Å². The smallest absolute Gasteiger partial charge is 0.338 e. The fourth-order valence-corrected chi connectivity index (χ4v) is 2.94. The molecule has 30 heavy (non-hydrogen) atoms. The zero-order chi connectivity index (χ0) is 21.1. The second-order valence-electron chi connectivity index (χ2n) is 6.85. The molecule has 0 spiro atoms. The Labute approximate surface area is 173 Å². The molecule has 2 heterocycles. The minimum absolute atomic E-state index is 0.133. The second kappa shape index (κ2) is 8.20. The van der Waals surface area contributed by atoms with Crippen molar-refractivity contribution >= 4 is 11.7 Å². The van der Waals surface area contributed by atoms with Gasteiger partial charge in [0.25, 0.3) is 11.8 Å². The number of carbonyl (C=O) groups is 1. The summed E-state index contributed by atoms with van der Waals surface area (Å²) in [7, 11) is 3.86. The molecule has 0 atom stereocenters. The Balaban J connectivity index is 1.48. The van der Waals surface area contributed by atoms with Gasteiger partial charge in [0.2, 0.25) is 0 Å². The monoisotopic (exact) mass is 404 g/mol. The minimum atomic E-state index is -0.466. The second-order valence-corrected chi connectivity index (χ2v) is 6.85. The Bertz CT molecular complexity index is 1150. The lowest BCUT2D eigenvalue weighted by Crippen LogP contribution is -2.09. The van der Waals surface area contributed by atoms with Crippen LogP contribution in [-0.4, -0.2) is 35.4 Å². The van der Waals surface area contributed by atoms with Crippen LogP contribution >= 0.6 is 0 Å². The third-order valence-electron chi connectivity index (χ3n) is 4.54. The fourth-order valence-electron chi connectivity index (χ4n) is 2.94. The van der Waals surface area contributed by atoms with Crippen LogP contribution in [0, 0.1) is 6.92 Å². The van der Waals surface area contributed by atoms with E-state index in [-0.39, 0.29) is 18.4 Å². The summed E-state index contributed by atoms with van der Waals surface area (Å²) in [6.07, 6.45) is 0. The van der Waals surface area contributed by atoms with Crippen LogP contribution in [0.1, 0.15) is 22.0 Å². The zero-order valence-electron chi connectivity index (χ0n) is 16.8. The molecule has 0 saturated heterocycles. The maximum Gasteiger partial charge on any atom is 0.338 e. The van der Waals surface area contributed by atoms with Crippen molar-refractivity contribution in [2.24, 2.45) is 0 Å². The molecule has 0 aliphatic rings. The van der Waals surface area contributed by atoms with Crippen LogP contribution in [0.4, 0.5) is 5.69 Å². The Morgan fingerprint density at radius 3 is 2.47 bits per heavy atom. The molecule has 4 aromatic rings. The highest BCUT2D eigenvalue weighted by Crippen LogP contribution is 2.33. The van der Waals surface area contributed by atoms with Crippen molar-refractivity contribution in [2.45, 2.75) is 13.5 Å². The number of hydrogen-bond acceptors (Lipinski definition) is 8. The summed E-state index contributed by atoms with van der Waals surface area (Å²) in [4.78, 5) is 14.2. The van der Waals surface area contributed by atoms with Gasteiger partial charge in [0.15, 0.2) is 6.61 Å². The van der Waals surface area contributed by atoms with Crippen LogP contribution in [0.3, 0.4) is 0 Å². The van der Waals surface area contributed by atoms with E-state index >= 15 is 0 Å². The molecule has 0 aliphatic heterocycles. The molecule has 0 N–H and O–H groups in total. The SMILES string of the molecule is Cc1onc(-c2ccccc2)c1-c1nnc(COC(=O)c2ccc(N(C)C)cc2)o1. The lowest BCUT2D eigenvalue weighted by atomic mass is 10.1. The standard InChI is InChI=1S/C22H20N4O4/c1-14-19(20(25-30-14)15-7-5-4-6-8-15)21-24-23-18(29-21)13-28-22(27)16-9-11-17(12-10-16)26(2)3/h4-12H,13H2,1-3H3. The molecule has 0 bridgehead atoms. The molecule has 152 valence electrons. The fraction of sp³-hybridized carbons (Fsp3) is 0.182. The summed E-state index contributed by atoms with van der Waals surface area (Å²) < 4.78 is 16.3. The van der Waals surface area contributed by atoms with E-state index < -0.39 is 5.97 Å². The third kappa shape index (κ3) is 3.93. The van der Waals surface area contributed by atoms with Gasteiger partial charge in [-0.2, -0.15) is 0 Å². The molecule has 0 aliphatic carbocycles. The predicted molar refractivity (Wildman–Crippen MR) is 110 cm³/mol. The highest BCUT2D eigenvalue weighted by Gasteiger charge is 2.22. The van der Waals surface area contributed by atoms with Crippen molar-refractivity contribution in [3.8, 4) is 22.7 Å². The molecular formula is C22H20N4O4. The number of benzene rings is 2. The first-order chi connectivity index (χ1) is 14.5. The normalized spacial score (nSPS) is 10.8. The summed E-state index contributed by atoms with van der Waals surface area (Å²) in [5.41, 5.74) is 3.54. The highest BCUT2D eigenvalue weighted by atomic mass is 16.5. The molecule has 2 aromatic carbocycles. The van der Waals surface area contributed by atoms with E-state index in [4.69, 9.17) is 13.7 Å². The molecule has 0 saturated carbocycles. The van der Waals surface area contributed by atoms with Crippen LogP contribution in [0.2, 0.25) is 0 Å². The Morgan fingerprint density at radius 2 is 1.77 bits per heavy atom. The van der Waals surface area contributed by atoms with Crippen molar-refractivity contribution in [3.05, 3.63) is 71.8 Å². The van der Waals surface area contributed by atoms with E-state index in [1.165, 1.54) is 0 Å². The third-order valence-corrected chi connectivity index (χ3v) is 4.54. The van der Waals surface area contributed by atoms with Gasteiger partial charge in [-0.15, -0.1) is 10.2 Å². The largest absolute Gasteiger partial charge is 0.452 e. The molecule has 8 nitrogen and oxygen atoms in total. The van der Waals surface area contributed by atoms with Crippen molar-refractivity contribution in [2.75, 3.05) is 19.0 Å². The van der Waals surface area contributed by atoms with Gasteiger partial charge in [-0.25, -0.2) is 4.79 Å². The van der Waals surface area contributed by atoms with Gasteiger partial charge in [-0.05, 0) is 31.2 Å². The predicted octanol–water partition coefficient (Wildman–Crippen LogP) is 4.12. The van der Waals surface area contributed by atoms with Crippen molar-refractivity contribution < 1.29 is 18.5 Å². The molecule has 8 heteroatoms. The average molecular weight is 404 g/mol. The maximum atomic E-state index is 12.3. The molecule has 0 unspecified atom stereocenters. The maximum absolute atomic E-state index is 12.3. The molecule has 4 rings (SSSR count). The molecule has 0 radical (unpaired) electrons. The van der Waals surface area contributed by atoms with E-state index in [1.54, 1.807) is 19.1 Å². The number of aryl methyl sites for hydroxylation is 1. The van der Waals surface area contributed by atoms with E-state index in [0.29, 0.717) is 22.6 Å². The Hall–Kier alpha value is -3.94. The van der Waals surface area contributed by atoms with E-state index in [2.05, 4.69) is 15.4 Å². The first-order valence-electron chi connectivity index (χ1n) is 9.32. The van der Waals surface area contributed by atoms with Gasteiger partial charge >= 0.3 is 5.97 Å². The van der Waals surface area contributed by atoms with Gasteiger partial charge in [-0.1, -0.05) is 35.5 Å². The van der Waals surface area contributed by atoms with Crippen LogP contribution in [0.5, 0.6) is 0 Å². The topological polar surface area (TPSA) is 94.5 Å². The van der Waals surface area contributed by atoms with Crippen molar-refractivity contribution in [3.63, 3.8) is 0 Å². The number of aromatic nitrogens is 3.